The van der Waals surface area contributed by atoms with E-state index in [1.807, 2.05) is 0 Å². The van der Waals surface area contributed by atoms with Gasteiger partial charge >= 0.3 is 0 Å². The molecule has 5 rings (SSSR count). The molecular weight excluding hydrogens is 324 g/mol. The van der Waals surface area contributed by atoms with Gasteiger partial charge in [0, 0.05) is 12.5 Å². The van der Waals surface area contributed by atoms with E-state index >= 15 is 0 Å². The van der Waals surface area contributed by atoms with Crippen molar-refractivity contribution >= 4 is 5.78 Å². The predicted octanol–water partition coefficient (Wildman–Crippen LogP) is -3.51. The second-order valence-electron chi connectivity index (χ2n) is 6.74. The summed E-state index contributed by atoms with van der Waals surface area (Å²) in [6.07, 6.45) is 2.07. The Morgan fingerprint density at radius 2 is 1.70 bits per heavy atom. The van der Waals surface area contributed by atoms with Crippen molar-refractivity contribution in [3.8, 4) is 0 Å². The van der Waals surface area contributed by atoms with Crippen LogP contribution in [0.5, 0.6) is 0 Å². The van der Waals surface area contributed by atoms with E-state index in [-0.39, 0.29) is 22.9 Å². The molecule has 0 aromatic rings. The molecule has 0 aromatic carbocycles. The number of ether oxygens (including phenoxy) is 1. The summed E-state index contributed by atoms with van der Waals surface area (Å²) in [7, 11) is 0. The molecule has 7 heteroatoms. The number of carbonyl (C=O) groups excluding carboxylic acids is 1. The SMILES string of the molecule is O=C(C[N+]12CN3CN(CN(C3)C1)C2)C1CCCOC1.[Br-]. The van der Waals surface area contributed by atoms with E-state index in [1.165, 1.54) is 0 Å². The Morgan fingerprint density at radius 1 is 1.10 bits per heavy atom. The highest BCUT2D eigenvalue weighted by Crippen LogP contribution is 2.29. The third kappa shape index (κ3) is 2.67. The Hall–Kier alpha value is -0.0500. The smallest absolute Gasteiger partial charge is 0.192 e. The van der Waals surface area contributed by atoms with Crippen LogP contribution in [0.25, 0.3) is 0 Å². The summed E-state index contributed by atoms with van der Waals surface area (Å²) in [5.41, 5.74) is 0. The highest BCUT2D eigenvalue weighted by molar-refractivity contribution is 5.82. The zero-order chi connectivity index (χ0) is 12.9. The van der Waals surface area contributed by atoms with Gasteiger partial charge in [-0.3, -0.25) is 9.28 Å². The van der Waals surface area contributed by atoms with Gasteiger partial charge in [-0.25, -0.2) is 14.7 Å². The van der Waals surface area contributed by atoms with Crippen LogP contribution in [0.15, 0.2) is 0 Å². The Balaban J connectivity index is 0.00000121. The largest absolute Gasteiger partial charge is 1.00 e. The minimum absolute atomic E-state index is 0. The fourth-order valence-corrected chi connectivity index (χ4v) is 4.26. The summed E-state index contributed by atoms with van der Waals surface area (Å²) >= 11 is 0. The molecule has 5 aliphatic rings. The third-order valence-corrected chi connectivity index (χ3v) is 4.81. The number of Topliss-reactive ketones (excluding diaryl/α,β-unsaturated/α-hetero) is 1. The van der Waals surface area contributed by atoms with E-state index in [2.05, 4.69) is 14.7 Å². The first-order chi connectivity index (χ1) is 9.22. The molecule has 1 unspecified atom stereocenters. The van der Waals surface area contributed by atoms with Crippen LogP contribution in [0.4, 0.5) is 0 Å². The number of hydrogen-bond donors (Lipinski definition) is 0. The average Bonchev–Trinajstić information content (AvgIpc) is 2.37. The van der Waals surface area contributed by atoms with Gasteiger partial charge in [-0.05, 0) is 12.8 Å². The van der Waals surface area contributed by atoms with Crippen molar-refractivity contribution in [2.45, 2.75) is 12.8 Å². The van der Waals surface area contributed by atoms with Gasteiger partial charge in [0.1, 0.15) is 26.6 Å². The molecule has 5 aliphatic heterocycles. The van der Waals surface area contributed by atoms with Crippen LogP contribution < -0.4 is 17.0 Å². The molecule has 0 radical (unpaired) electrons. The molecule has 0 saturated carbocycles. The molecule has 0 amide bonds. The molecule has 0 N–H and O–H groups in total. The maximum atomic E-state index is 12.5. The lowest BCUT2D eigenvalue weighted by Crippen LogP contribution is -3.00. The molecule has 114 valence electrons. The molecule has 5 heterocycles. The van der Waals surface area contributed by atoms with E-state index in [0.29, 0.717) is 18.9 Å². The van der Waals surface area contributed by atoms with Crippen LogP contribution in [-0.4, -0.2) is 84.7 Å². The molecular formula is C13H23BrN4O2. The topological polar surface area (TPSA) is 36.0 Å². The van der Waals surface area contributed by atoms with Crippen molar-refractivity contribution in [2.75, 3.05) is 59.8 Å². The Kier molecular flexibility index (Phi) is 4.18. The highest BCUT2D eigenvalue weighted by Gasteiger charge is 2.49. The highest BCUT2D eigenvalue weighted by atomic mass is 79.9. The van der Waals surface area contributed by atoms with Crippen molar-refractivity contribution < 1.29 is 31.0 Å². The third-order valence-electron chi connectivity index (χ3n) is 4.81. The van der Waals surface area contributed by atoms with E-state index in [1.54, 1.807) is 0 Å². The van der Waals surface area contributed by atoms with E-state index in [4.69, 9.17) is 4.74 Å². The number of halogens is 1. The lowest BCUT2D eigenvalue weighted by atomic mass is 9.96. The molecule has 0 aromatic heterocycles. The van der Waals surface area contributed by atoms with Crippen LogP contribution in [0.3, 0.4) is 0 Å². The van der Waals surface area contributed by atoms with Crippen molar-refractivity contribution in [2.24, 2.45) is 5.92 Å². The second kappa shape index (κ2) is 5.62. The predicted molar refractivity (Wildman–Crippen MR) is 68.4 cm³/mol. The van der Waals surface area contributed by atoms with Gasteiger partial charge < -0.3 is 21.7 Å². The van der Waals surface area contributed by atoms with Crippen LogP contribution in [0, 0.1) is 5.92 Å². The van der Waals surface area contributed by atoms with Crippen LogP contribution >= 0.6 is 0 Å². The number of ketones is 1. The Labute approximate surface area is 130 Å². The summed E-state index contributed by atoms with van der Waals surface area (Å²) in [6.45, 7) is 8.56. The number of rotatable bonds is 3. The first kappa shape index (κ1) is 14.9. The fraction of sp³-hybridized carbons (Fsp3) is 0.923. The van der Waals surface area contributed by atoms with E-state index in [0.717, 1.165) is 63.9 Å². The standard InChI is InChI=1S/C13H23N4O2.BrH/c18-13(12-2-1-3-19-5-12)4-17-9-14-6-15(10-17)8-16(7-14)11-17;/h12H,1-11H2;1H/q+1;/p-1. The summed E-state index contributed by atoms with van der Waals surface area (Å²) in [4.78, 5) is 19.9. The first-order valence-corrected chi connectivity index (χ1v) is 7.35. The van der Waals surface area contributed by atoms with Crippen LogP contribution in [0.2, 0.25) is 0 Å². The summed E-state index contributed by atoms with van der Waals surface area (Å²) in [5, 5.41) is 0. The van der Waals surface area contributed by atoms with Crippen molar-refractivity contribution in [3.05, 3.63) is 0 Å². The zero-order valence-electron chi connectivity index (χ0n) is 11.8. The van der Waals surface area contributed by atoms with Crippen LogP contribution in [0.1, 0.15) is 12.8 Å². The van der Waals surface area contributed by atoms with E-state index < -0.39 is 0 Å². The van der Waals surface area contributed by atoms with Crippen molar-refractivity contribution in [1.29, 1.82) is 0 Å². The summed E-state index contributed by atoms with van der Waals surface area (Å²) in [5.74, 6) is 0.574. The van der Waals surface area contributed by atoms with Gasteiger partial charge in [-0.1, -0.05) is 0 Å². The molecule has 0 aliphatic carbocycles. The normalized spacial score (nSPS) is 46.0. The van der Waals surface area contributed by atoms with Gasteiger partial charge in [0.25, 0.3) is 0 Å². The number of carbonyl (C=O) groups is 1. The van der Waals surface area contributed by atoms with Gasteiger partial charge in [0.05, 0.1) is 26.6 Å². The fourth-order valence-electron chi connectivity index (χ4n) is 4.26. The maximum absolute atomic E-state index is 12.5. The quantitative estimate of drug-likeness (QED) is 0.495. The minimum atomic E-state index is 0. The molecule has 1 atom stereocenters. The summed E-state index contributed by atoms with van der Waals surface area (Å²) < 4.78 is 6.39. The molecule has 5 saturated heterocycles. The molecule has 5 fully saturated rings. The molecule has 20 heavy (non-hydrogen) atoms. The van der Waals surface area contributed by atoms with Gasteiger partial charge in [0.2, 0.25) is 0 Å². The summed E-state index contributed by atoms with van der Waals surface area (Å²) in [6, 6.07) is 0. The van der Waals surface area contributed by atoms with Crippen molar-refractivity contribution in [3.63, 3.8) is 0 Å². The molecule has 0 spiro atoms. The maximum Gasteiger partial charge on any atom is 0.192 e. The van der Waals surface area contributed by atoms with Gasteiger partial charge in [-0.15, -0.1) is 0 Å². The molecule has 6 nitrogen and oxygen atoms in total. The number of nitrogens with zero attached hydrogens (tertiary/aromatic N) is 4. The zero-order valence-corrected chi connectivity index (χ0v) is 13.4. The second-order valence-corrected chi connectivity index (χ2v) is 6.74. The Bertz CT molecular complexity index is 351. The monoisotopic (exact) mass is 346 g/mol. The average molecular weight is 347 g/mol. The first-order valence-electron chi connectivity index (χ1n) is 7.35. The lowest BCUT2D eigenvalue weighted by Gasteiger charge is -2.60. The Morgan fingerprint density at radius 3 is 2.20 bits per heavy atom. The van der Waals surface area contributed by atoms with Crippen LogP contribution in [-0.2, 0) is 9.53 Å². The van der Waals surface area contributed by atoms with Crippen molar-refractivity contribution in [1.82, 2.24) is 14.7 Å². The van der Waals surface area contributed by atoms with Gasteiger partial charge in [-0.2, -0.15) is 0 Å². The van der Waals surface area contributed by atoms with E-state index in [9.17, 15) is 4.79 Å². The lowest BCUT2D eigenvalue weighted by molar-refractivity contribution is -0.973. The number of hydrogen-bond acceptors (Lipinski definition) is 5. The number of quaternary nitrogens is 1. The molecule has 4 bridgehead atoms. The minimum Gasteiger partial charge on any atom is -1.00 e. The van der Waals surface area contributed by atoms with Gasteiger partial charge in [0.15, 0.2) is 5.78 Å².